The number of halogens is 3. The summed E-state index contributed by atoms with van der Waals surface area (Å²) in [6.45, 7) is 3.96. The van der Waals surface area contributed by atoms with Crippen LogP contribution in [0.2, 0.25) is 0 Å². The fourth-order valence-electron chi connectivity index (χ4n) is 0.814. The number of hydrogen-bond donors (Lipinski definition) is 1. The second kappa shape index (κ2) is 6.54. The number of alkyl halides is 3. The Morgan fingerprint density at radius 2 is 2.00 bits per heavy atom. The molecule has 0 rings (SSSR count). The highest BCUT2D eigenvalue weighted by molar-refractivity contribution is 7.99. The molecule has 0 aliphatic heterocycles. The summed E-state index contributed by atoms with van der Waals surface area (Å²) in [5.74, 6) is 1.87. The van der Waals surface area contributed by atoms with Crippen molar-refractivity contribution < 1.29 is 13.2 Å². The van der Waals surface area contributed by atoms with Crippen molar-refractivity contribution in [3.05, 3.63) is 0 Å². The smallest absolute Gasteiger partial charge is 0.313 e. The van der Waals surface area contributed by atoms with Crippen molar-refractivity contribution in [2.75, 3.05) is 18.1 Å². The van der Waals surface area contributed by atoms with Crippen LogP contribution in [0.15, 0.2) is 0 Å². The van der Waals surface area contributed by atoms with Gasteiger partial charge in [0, 0.05) is 18.3 Å². The van der Waals surface area contributed by atoms with Crippen LogP contribution in [0.5, 0.6) is 0 Å². The van der Waals surface area contributed by atoms with Gasteiger partial charge in [0.2, 0.25) is 0 Å². The van der Waals surface area contributed by atoms with E-state index in [9.17, 15) is 13.2 Å². The van der Waals surface area contributed by atoms with Gasteiger partial charge in [-0.25, -0.2) is 0 Å². The molecule has 1 unspecified atom stereocenters. The summed E-state index contributed by atoms with van der Waals surface area (Å²) in [5.41, 5.74) is 0. The minimum absolute atomic E-state index is 0.0228. The second-order valence-corrected chi connectivity index (χ2v) is 4.20. The van der Waals surface area contributed by atoms with Crippen LogP contribution in [0.25, 0.3) is 0 Å². The van der Waals surface area contributed by atoms with Crippen molar-refractivity contribution in [1.82, 2.24) is 5.32 Å². The summed E-state index contributed by atoms with van der Waals surface area (Å²) in [5, 5.41) is 2.83. The number of hydrogen-bond acceptors (Lipinski definition) is 2. The predicted octanol–water partition coefficient (Wildman–Crippen LogP) is 2.67. The van der Waals surface area contributed by atoms with Gasteiger partial charge in [-0.05, 0) is 12.7 Å². The Morgan fingerprint density at radius 3 is 2.46 bits per heavy atom. The van der Waals surface area contributed by atoms with Crippen LogP contribution in [0.4, 0.5) is 13.2 Å². The first-order valence-electron chi connectivity index (χ1n) is 4.33. The van der Waals surface area contributed by atoms with Gasteiger partial charge in [0.05, 0.1) is 6.42 Å². The Hall–Kier alpha value is 0.100. The molecule has 0 aliphatic carbocycles. The molecule has 1 nitrogen and oxygen atoms in total. The zero-order valence-corrected chi connectivity index (χ0v) is 8.76. The molecule has 0 heterocycles. The van der Waals surface area contributed by atoms with E-state index in [-0.39, 0.29) is 12.6 Å². The molecule has 1 N–H and O–H groups in total. The van der Waals surface area contributed by atoms with Crippen molar-refractivity contribution >= 4 is 11.8 Å². The molecule has 1 atom stereocenters. The van der Waals surface area contributed by atoms with E-state index in [0.717, 1.165) is 11.5 Å². The van der Waals surface area contributed by atoms with Gasteiger partial charge < -0.3 is 5.32 Å². The van der Waals surface area contributed by atoms with Crippen molar-refractivity contribution in [2.24, 2.45) is 0 Å². The second-order valence-electron chi connectivity index (χ2n) is 2.88. The molecule has 0 fully saturated rings. The zero-order chi connectivity index (χ0) is 10.3. The lowest BCUT2D eigenvalue weighted by Crippen LogP contribution is -2.31. The molecule has 0 saturated heterocycles. The minimum Gasteiger partial charge on any atom is -0.313 e. The maximum Gasteiger partial charge on any atom is 0.390 e. The van der Waals surface area contributed by atoms with Gasteiger partial charge >= 0.3 is 6.18 Å². The van der Waals surface area contributed by atoms with Crippen LogP contribution in [-0.2, 0) is 0 Å². The van der Waals surface area contributed by atoms with E-state index in [2.05, 4.69) is 5.32 Å². The van der Waals surface area contributed by atoms with Gasteiger partial charge in [-0.15, -0.1) is 0 Å². The van der Waals surface area contributed by atoms with Crippen LogP contribution >= 0.6 is 11.8 Å². The molecule has 0 saturated carbocycles. The number of nitrogens with one attached hydrogen (secondary N) is 1. The minimum atomic E-state index is -4.04. The van der Waals surface area contributed by atoms with Gasteiger partial charge in [0.25, 0.3) is 0 Å². The predicted molar refractivity (Wildman–Crippen MR) is 51.1 cm³/mol. The molecule has 0 radical (unpaired) electrons. The van der Waals surface area contributed by atoms with Crippen LogP contribution in [0, 0.1) is 0 Å². The summed E-state index contributed by atoms with van der Waals surface area (Å²) in [4.78, 5) is 0. The summed E-state index contributed by atoms with van der Waals surface area (Å²) in [7, 11) is 0. The van der Waals surface area contributed by atoms with Gasteiger partial charge in [0.1, 0.15) is 0 Å². The van der Waals surface area contributed by atoms with Crippen LogP contribution in [-0.4, -0.2) is 30.3 Å². The lowest BCUT2D eigenvalue weighted by molar-refractivity contribution is -0.133. The van der Waals surface area contributed by atoms with Crippen molar-refractivity contribution in [1.29, 1.82) is 0 Å². The molecular weight excluding hydrogens is 199 g/mol. The fourth-order valence-corrected chi connectivity index (χ4v) is 1.52. The molecule has 0 spiro atoms. The summed E-state index contributed by atoms with van der Waals surface area (Å²) >= 11 is 1.73. The van der Waals surface area contributed by atoms with E-state index in [4.69, 9.17) is 0 Å². The molecule has 13 heavy (non-hydrogen) atoms. The highest BCUT2D eigenvalue weighted by Gasteiger charge is 2.26. The topological polar surface area (TPSA) is 12.0 Å². The SMILES string of the molecule is CCSCC(C)NCCC(F)(F)F. The van der Waals surface area contributed by atoms with Gasteiger partial charge in [-0.1, -0.05) is 6.92 Å². The third-order valence-electron chi connectivity index (χ3n) is 1.47. The average Bonchev–Trinajstić information content (AvgIpc) is 1.98. The maximum atomic E-state index is 11.7. The summed E-state index contributed by atoms with van der Waals surface area (Å²) < 4.78 is 35.1. The lowest BCUT2D eigenvalue weighted by Gasteiger charge is -2.13. The Morgan fingerprint density at radius 1 is 1.38 bits per heavy atom. The van der Waals surface area contributed by atoms with Crippen LogP contribution in [0.3, 0.4) is 0 Å². The standard InChI is InChI=1S/C8H16F3NS/c1-3-13-6-7(2)12-5-4-8(9,10)11/h7,12H,3-6H2,1-2H3. The van der Waals surface area contributed by atoms with Crippen LogP contribution in [0.1, 0.15) is 20.3 Å². The Balaban J connectivity index is 3.31. The van der Waals surface area contributed by atoms with E-state index >= 15 is 0 Å². The first kappa shape index (κ1) is 13.1. The van der Waals surface area contributed by atoms with Gasteiger partial charge in [-0.2, -0.15) is 24.9 Å². The summed E-state index contributed by atoms with van der Waals surface area (Å²) in [6, 6.07) is 0.160. The zero-order valence-electron chi connectivity index (χ0n) is 7.95. The molecule has 0 amide bonds. The molecule has 5 heteroatoms. The average molecular weight is 215 g/mol. The van der Waals surface area contributed by atoms with E-state index < -0.39 is 12.6 Å². The molecule has 0 aliphatic rings. The van der Waals surface area contributed by atoms with Crippen molar-refractivity contribution in [2.45, 2.75) is 32.5 Å². The van der Waals surface area contributed by atoms with E-state index in [0.29, 0.717) is 0 Å². The molecule has 0 aromatic carbocycles. The normalized spacial score (nSPS) is 14.5. The quantitative estimate of drug-likeness (QED) is 0.731. The first-order chi connectivity index (χ1) is 5.95. The van der Waals surface area contributed by atoms with E-state index in [1.165, 1.54) is 0 Å². The molecule has 0 bridgehead atoms. The monoisotopic (exact) mass is 215 g/mol. The lowest BCUT2D eigenvalue weighted by atomic mass is 10.3. The Labute approximate surface area is 81.5 Å². The van der Waals surface area contributed by atoms with E-state index in [1.54, 1.807) is 11.8 Å². The third kappa shape index (κ3) is 10.0. The fraction of sp³-hybridized carbons (Fsp3) is 1.00. The highest BCUT2D eigenvalue weighted by atomic mass is 32.2. The van der Waals surface area contributed by atoms with Crippen molar-refractivity contribution in [3.63, 3.8) is 0 Å². The number of rotatable bonds is 6. The van der Waals surface area contributed by atoms with Gasteiger partial charge in [0.15, 0.2) is 0 Å². The number of thioether (sulfide) groups is 1. The molecule has 0 aromatic heterocycles. The van der Waals surface area contributed by atoms with Gasteiger partial charge in [-0.3, -0.25) is 0 Å². The molecular formula is C8H16F3NS. The molecule has 80 valence electrons. The Kier molecular flexibility index (Phi) is 6.59. The highest BCUT2D eigenvalue weighted by Crippen LogP contribution is 2.18. The maximum absolute atomic E-state index is 11.7. The Bertz CT molecular complexity index is 127. The molecule has 0 aromatic rings. The largest absolute Gasteiger partial charge is 0.390 e. The summed E-state index contributed by atoms with van der Waals surface area (Å²) in [6.07, 6.45) is -4.78. The third-order valence-corrected chi connectivity index (χ3v) is 2.62. The first-order valence-corrected chi connectivity index (χ1v) is 5.49. The van der Waals surface area contributed by atoms with Crippen molar-refractivity contribution in [3.8, 4) is 0 Å². The van der Waals surface area contributed by atoms with E-state index in [1.807, 2.05) is 13.8 Å². The van der Waals surface area contributed by atoms with Crippen LogP contribution < -0.4 is 5.32 Å².